The van der Waals surface area contributed by atoms with Crippen LogP contribution in [0.3, 0.4) is 0 Å². The summed E-state index contributed by atoms with van der Waals surface area (Å²) in [6, 6.07) is 11.6. The highest BCUT2D eigenvalue weighted by atomic mass is 16.5. The number of esters is 2. The van der Waals surface area contributed by atoms with Crippen LogP contribution in [-0.2, 0) is 25.6 Å². The molecular formula is C64H94N3O10+. The first-order chi connectivity index (χ1) is 36.6. The molecule has 8 aliphatic carbocycles. The number of nitrogens with one attached hydrogen (secondary N) is 2. The third-order valence-corrected chi connectivity index (χ3v) is 24.5. The molecule has 2 amide bonds. The Morgan fingerprint density at radius 1 is 0.597 bits per heavy atom. The quantitative estimate of drug-likeness (QED) is 0.0788. The van der Waals surface area contributed by atoms with E-state index < -0.39 is 24.4 Å². The molecule has 0 saturated heterocycles. The van der Waals surface area contributed by atoms with Crippen LogP contribution in [-0.4, -0.2) is 94.9 Å². The maximum absolute atomic E-state index is 14.5. The number of pyridine rings is 1. The van der Waals surface area contributed by atoms with Crippen LogP contribution in [0.5, 0.6) is 0 Å². The number of amides is 2. The van der Waals surface area contributed by atoms with Crippen LogP contribution < -0.4 is 15.2 Å². The lowest BCUT2D eigenvalue weighted by Crippen LogP contribution is -2.63. The number of ether oxygens (including phenoxy) is 2. The standard InChI is InChI=1S/C64H93N3O10/c1-36(14-20-55(72)76-7)45-16-18-47-57-49(31-53(70)63(45,47)5)61(3)24-22-43(27-41(61)29-51(57)68)65-59(74)39-26-40(35-67(34-39)33-38-12-10-9-11-13-38)60(75)66-44-23-25-62(4)42(28-44)30-52(69)58-48-19-17-46(37(2)15-21-56(73)77-8)64(48,6)54(71)32-50(58)62/h9-13,26,34-37,41-54,57-58,68-71H,14-25,27-33H2,1-8H3,(H-,65,66,74,75)/p+1/t36-,37-,41+,42+,43+,44+,45-,46-,47+,48+,49+,50+,51-,52-,53+,54+,57+,58+,61+,62+,63-,64-/m1/s1. The summed E-state index contributed by atoms with van der Waals surface area (Å²) in [4.78, 5) is 53.2. The SMILES string of the molecule is COC(=O)CC[C@@H](C)[C@H]1CC[C@H]2[C@@H]3[C@H](O)C[C@@H]4C[C@@H](NC(=O)c5cc(C(=O)N[C@H]6CC[C@@]7(C)[C@@H](C6)C[C@@H](O)[C@@H]6[C@@H]7C[C@H](O)[C@]7(C)[C@@H]([C@H](C)CCC(=O)OC)CC[C@@H]67)c[n+](Cc6ccccc6)c5)CC[C@]4(C)[C@H]3C[C@H](O)[C@]12C. The summed E-state index contributed by atoms with van der Waals surface area (Å²) < 4.78 is 11.8. The van der Waals surface area contributed by atoms with Crippen molar-refractivity contribution in [3.8, 4) is 0 Å². The zero-order valence-corrected chi connectivity index (χ0v) is 47.6. The molecule has 6 N–H and O–H groups in total. The third-order valence-electron chi connectivity index (χ3n) is 24.5. The second-order valence-electron chi connectivity index (χ2n) is 27.7. The Hall–Kier alpha value is -3.91. The number of fused-ring (bicyclic) bond motifs is 10. The van der Waals surface area contributed by atoms with E-state index in [2.05, 4.69) is 52.2 Å². The van der Waals surface area contributed by atoms with Crippen molar-refractivity contribution in [1.82, 2.24) is 10.6 Å². The average molecular weight is 1070 g/mol. The predicted octanol–water partition coefficient (Wildman–Crippen LogP) is 8.60. The Labute approximate surface area is 458 Å². The van der Waals surface area contributed by atoms with Crippen molar-refractivity contribution >= 4 is 23.8 Å². The Bertz CT molecular complexity index is 2350. The molecule has 1 aromatic carbocycles. The highest BCUT2D eigenvalue weighted by Crippen LogP contribution is 2.70. The Morgan fingerprint density at radius 2 is 1.03 bits per heavy atom. The molecule has 0 radical (unpaired) electrons. The van der Waals surface area contributed by atoms with Gasteiger partial charge >= 0.3 is 11.9 Å². The molecule has 0 unspecified atom stereocenters. The number of carbonyl (C=O) groups is 4. The normalized spacial score (nSPS) is 42.6. The van der Waals surface area contributed by atoms with Crippen LogP contribution in [0.1, 0.15) is 183 Å². The van der Waals surface area contributed by atoms with Crippen LogP contribution in [0.25, 0.3) is 0 Å². The number of carbonyl (C=O) groups excluding carboxylic acids is 4. The van der Waals surface area contributed by atoms with E-state index in [9.17, 15) is 39.6 Å². The summed E-state index contributed by atoms with van der Waals surface area (Å²) in [5.74, 6) is 1.53. The largest absolute Gasteiger partial charge is 0.469 e. The van der Waals surface area contributed by atoms with E-state index in [4.69, 9.17) is 9.47 Å². The number of aliphatic hydroxyl groups is 4. The van der Waals surface area contributed by atoms with Gasteiger partial charge in [-0.05, 0) is 201 Å². The summed E-state index contributed by atoms with van der Waals surface area (Å²) in [5.41, 5.74) is 1.07. The predicted molar refractivity (Wildman–Crippen MR) is 292 cm³/mol. The van der Waals surface area contributed by atoms with Gasteiger partial charge in [-0.3, -0.25) is 19.2 Å². The Morgan fingerprint density at radius 3 is 1.44 bits per heavy atom. The smallest absolute Gasteiger partial charge is 0.305 e. The zero-order valence-electron chi connectivity index (χ0n) is 47.6. The number of hydrogen-bond acceptors (Lipinski definition) is 10. The van der Waals surface area contributed by atoms with Crippen LogP contribution in [0, 0.1) is 92.7 Å². The fourth-order valence-corrected chi connectivity index (χ4v) is 20.2. The Kier molecular flexibility index (Phi) is 16.0. The van der Waals surface area contributed by atoms with Crippen molar-refractivity contribution in [1.29, 1.82) is 0 Å². The molecule has 0 aliphatic heterocycles. The van der Waals surface area contributed by atoms with E-state index in [-0.39, 0.29) is 129 Å². The molecular weight excluding hydrogens is 971 g/mol. The molecule has 8 fully saturated rings. The van der Waals surface area contributed by atoms with Gasteiger partial charge in [0.1, 0.15) is 11.1 Å². The van der Waals surface area contributed by atoms with Crippen LogP contribution >= 0.6 is 0 Å². The van der Waals surface area contributed by atoms with Crippen molar-refractivity contribution in [2.24, 2.45) is 92.7 Å². The van der Waals surface area contributed by atoms with E-state index in [0.29, 0.717) is 56.2 Å². The van der Waals surface area contributed by atoms with E-state index in [1.54, 1.807) is 6.07 Å². The van der Waals surface area contributed by atoms with Crippen molar-refractivity contribution in [2.45, 2.75) is 200 Å². The van der Waals surface area contributed by atoms with Gasteiger partial charge in [-0.25, -0.2) is 0 Å². The fourth-order valence-electron chi connectivity index (χ4n) is 20.2. The summed E-state index contributed by atoms with van der Waals surface area (Å²) >= 11 is 0. The van der Waals surface area contributed by atoms with Crippen molar-refractivity contribution in [3.05, 3.63) is 65.5 Å². The first-order valence-electron chi connectivity index (χ1n) is 30.2. The molecule has 22 atom stereocenters. The molecule has 1 aromatic heterocycles. The van der Waals surface area contributed by atoms with Gasteiger partial charge < -0.3 is 40.5 Å². The lowest BCUT2D eigenvalue weighted by atomic mass is 9.43. The summed E-state index contributed by atoms with van der Waals surface area (Å²) in [6.45, 7) is 14.2. The van der Waals surface area contributed by atoms with Gasteiger partial charge in [-0.2, -0.15) is 4.57 Å². The van der Waals surface area contributed by atoms with E-state index in [1.807, 2.05) is 47.3 Å². The van der Waals surface area contributed by atoms with Gasteiger partial charge in [0.2, 0.25) is 0 Å². The van der Waals surface area contributed by atoms with Crippen LogP contribution in [0.4, 0.5) is 0 Å². The number of benzene rings is 1. The Balaban J connectivity index is 0.802. The third kappa shape index (κ3) is 10.0. The molecule has 1 heterocycles. The first-order valence-corrected chi connectivity index (χ1v) is 30.2. The van der Waals surface area contributed by atoms with Crippen molar-refractivity contribution < 1.29 is 53.6 Å². The highest BCUT2D eigenvalue weighted by Gasteiger charge is 2.68. The minimum atomic E-state index is -0.494. The summed E-state index contributed by atoms with van der Waals surface area (Å²) in [7, 11) is 2.86. The molecule has 10 rings (SSSR count). The van der Waals surface area contributed by atoms with Gasteiger partial charge in [0, 0.05) is 30.5 Å². The van der Waals surface area contributed by atoms with Crippen LogP contribution in [0.2, 0.25) is 0 Å². The second kappa shape index (κ2) is 21.9. The van der Waals surface area contributed by atoms with Gasteiger partial charge in [0.15, 0.2) is 18.9 Å². The summed E-state index contributed by atoms with van der Waals surface area (Å²) in [5, 5.41) is 55.5. The average Bonchev–Trinajstić information content (AvgIpc) is 4.11. The van der Waals surface area contributed by atoms with Crippen LogP contribution in [0.15, 0.2) is 48.8 Å². The molecule has 13 nitrogen and oxygen atoms in total. The van der Waals surface area contributed by atoms with E-state index >= 15 is 0 Å². The molecule has 8 aliphatic rings. The van der Waals surface area contributed by atoms with Gasteiger partial charge in [0.05, 0.1) is 38.6 Å². The number of aliphatic hydroxyl groups excluding tert-OH is 4. The fraction of sp³-hybridized carbons (Fsp3) is 0.766. The monoisotopic (exact) mass is 1060 g/mol. The maximum Gasteiger partial charge on any atom is 0.305 e. The molecule has 13 heteroatoms. The summed E-state index contributed by atoms with van der Waals surface area (Å²) in [6.07, 6.45) is 15.4. The van der Waals surface area contributed by atoms with Gasteiger partial charge in [-0.15, -0.1) is 0 Å². The molecule has 8 saturated carbocycles. The number of methoxy groups -OCH3 is 2. The number of rotatable bonds is 14. The molecule has 0 spiro atoms. The first kappa shape index (κ1) is 56.4. The molecule has 424 valence electrons. The van der Waals surface area contributed by atoms with Crippen molar-refractivity contribution in [2.75, 3.05) is 14.2 Å². The highest BCUT2D eigenvalue weighted by molar-refractivity contribution is 5.99. The number of nitrogens with zero attached hydrogens (tertiary/aromatic N) is 1. The molecule has 77 heavy (non-hydrogen) atoms. The maximum atomic E-state index is 14.5. The van der Waals surface area contributed by atoms with Gasteiger partial charge in [-0.1, -0.05) is 71.9 Å². The van der Waals surface area contributed by atoms with E-state index in [1.165, 1.54) is 14.2 Å². The lowest BCUT2D eigenvalue weighted by molar-refractivity contribution is -0.688. The topological polar surface area (TPSA) is 196 Å². The zero-order chi connectivity index (χ0) is 54.9. The molecule has 2 aromatic rings. The van der Waals surface area contributed by atoms with Gasteiger partial charge in [0.25, 0.3) is 11.8 Å². The minimum absolute atomic E-state index is 0.0847. The minimum Gasteiger partial charge on any atom is -0.469 e. The number of hydrogen-bond donors (Lipinski definition) is 6. The second-order valence-corrected chi connectivity index (χ2v) is 27.7. The lowest BCUT2D eigenvalue weighted by Gasteiger charge is -2.63. The number of aromatic nitrogens is 1. The van der Waals surface area contributed by atoms with E-state index in [0.717, 1.165) is 82.6 Å². The van der Waals surface area contributed by atoms with Crippen molar-refractivity contribution in [3.63, 3.8) is 0 Å². The molecule has 0 bridgehead atoms.